The molecular formula is C24H23F4N5O. The van der Waals surface area contributed by atoms with Gasteiger partial charge in [-0.3, -0.25) is 4.90 Å². The van der Waals surface area contributed by atoms with Crippen LogP contribution in [-0.2, 0) is 17.3 Å². The number of nitrogens with one attached hydrogen (secondary N) is 1. The molecule has 0 saturated carbocycles. The zero-order valence-electron chi connectivity index (χ0n) is 18.2. The average molecular weight is 473 g/mol. The number of hydrogen-bond acceptors (Lipinski definition) is 5. The van der Waals surface area contributed by atoms with Gasteiger partial charge < -0.3 is 9.72 Å². The van der Waals surface area contributed by atoms with Gasteiger partial charge in [-0.15, -0.1) is 0 Å². The molecule has 0 bridgehead atoms. The number of halogens is 4. The van der Waals surface area contributed by atoms with Crippen molar-refractivity contribution >= 4 is 23.1 Å². The molecule has 2 saturated heterocycles. The van der Waals surface area contributed by atoms with Crippen molar-refractivity contribution in [3.05, 3.63) is 53.2 Å². The van der Waals surface area contributed by atoms with Gasteiger partial charge in [0.25, 0.3) is 0 Å². The van der Waals surface area contributed by atoms with E-state index in [0.29, 0.717) is 11.8 Å². The Bertz CT molecular complexity index is 1240. The van der Waals surface area contributed by atoms with Gasteiger partial charge in [0.15, 0.2) is 5.82 Å². The van der Waals surface area contributed by atoms with E-state index in [2.05, 4.69) is 24.8 Å². The van der Waals surface area contributed by atoms with Crippen molar-refractivity contribution < 1.29 is 22.3 Å². The lowest BCUT2D eigenvalue weighted by Crippen LogP contribution is -2.42. The van der Waals surface area contributed by atoms with E-state index in [1.54, 1.807) is 18.3 Å². The van der Waals surface area contributed by atoms with E-state index >= 15 is 0 Å². The van der Waals surface area contributed by atoms with E-state index in [1.165, 1.54) is 12.4 Å². The van der Waals surface area contributed by atoms with Crippen molar-refractivity contribution in [2.45, 2.75) is 31.0 Å². The van der Waals surface area contributed by atoms with Gasteiger partial charge in [0, 0.05) is 43.1 Å². The SMILES string of the molecule is Fc1ccc2c(c1)CC[C@H](N1C[C@H]3COC[C@H]3C1)C2C=Nc1ncnc2[nH]c(C(F)(F)F)cc12. The highest BCUT2D eigenvalue weighted by Gasteiger charge is 2.43. The van der Waals surface area contributed by atoms with Crippen LogP contribution in [0.5, 0.6) is 0 Å². The number of alkyl halides is 3. The maximum atomic E-state index is 13.9. The molecule has 4 atom stereocenters. The topological polar surface area (TPSA) is 66.4 Å². The van der Waals surface area contributed by atoms with Crippen molar-refractivity contribution in [1.29, 1.82) is 0 Å². The molecule has 2 aromatic heterocycles. The molecule has 1 aromatic carbocycles. The van der Waals surface area contributed by atoms with Crippen LogP contribution in [0.2, 0.25) is 0 Å². The Labute approximate surface area is 193 Å². The monoisotopic (exact) mass is 473 g/mol. The first-order valence-electron chi connectivity index (χ1n) is 11.4. The molecule has 1 unspecified atom stereocenters. The van der Waals surface area contributed by atoms with Gasteiger partial charge in [-0.2, -0.15) is 13.2 Å². The highest BCUT2D eigenvalue weighted by atomic mass is 19.4. The summed E-state index contributed by atoms with van der Waals surface area (Å²) in [5, 5.41) is 0.214. The molecule has 10 heteroatoms. The Morgan fingerprint density at radius 1 is 1.12 bits per heavy atom. The van der Waals surface area contributed by atoms with Gasteiger partial charge in [0.2, 0.25) is 0 Å². The van der Waals surface area contributed by atoms with Gasteiger partial charge in [-0.05, 0) is 42.2 Å². The molecule has 6 nitrogen and oxygen atoms in total. The fraction of sp³-hybridized carbons (Fsp3) is 0.458. The van der Waals surface area contributed by atoms with Crippen molar-refractivity contribution in [2.24, 2.45) is 16.8 Å². The number of nitrogens with zero attached hydrogens (tertiary/aromatic N) is 4. The minimum absolute atomic E-state index is 0.0875. The summed E-state index contributed by atoms with van der Waals surface area (Å²) in [6, 6.07) is 6.00. The number of aromatic nitrogens is 3. The third-order valence-electron chi connectivity index (χ3n) is 7.39. The lowest BCUT2D eigenvalue weighted by Gasteiger charge is -2.38. The molecule has 2 aliphatic heterocycles. The Balaban J connectivity index is 1.36. The van der Waals surface area contributed by atoms with Gasteiger partial charge >= 0.3 is 6.18 Å². The number of aromatic amines is 1. The van der Waals surface area contributed by atoms with Crippen LogP contribution in [0, 0.1) is 17.7 Å². The summed E-state index contributed by atoms with van der Waals surface area (Å²) in [6.45, 7) is 3.45. The minimum Gasteiger partial charge on any atom is -0.381 e. The molecule has 3 aliphatic rings. The second kappa shape index (κ2) is 8.13. The minimum atomic E-state index is -4.52. The second-order valence-electron chi connectivity index (χ2n) is 9.40. The van der Waals surface area contributed by atoms with Crippen LogP contribution in [-0.4, -0.2) is 58.4 Å². The molecule has 1 N–H and O–H groups in total. The second-order valence-corrected chi connectivity index (χ2v) is 9.40. The van der Waals surface area contributed by atoms with Crippen molar-refractivity contribution in [3.8, 4) is 0 Å². The highest BCUT2D eigenvalue weighted by Crippen LogP contribution is 2.40. The number of rotatable bonds is 3. The van der Waals surface area contributed by atoms with E-state index in [4.69, 9.17) is 4.74 Å². The number of aliphatic imine (C=N–C) groups is 1. The summed E-state index contributed by atoms with van der Waals surface area (Å²) < 4.78 is 59.1. The molecule has 0 radical (unpaired) electrons. The predicted molar refractivity (Wildman–Crippen MR) is 118 cm³/mol. The van der Waals surface area contributed by atoms with Crippen LogP contribution in [0.4, 0.5) is 23.4 Å². The maximum absolute atomic E-state index is 13.9. The standard InChI is InChI=1S/C24H23F4N5O/c25-16-2-3-17-13(5-16)1-4-20(33-8-14-10-34-11-15(14)9-33)19(17)7-29-22-18-6-21(24(26,27)28)32-23(18)31-12-30-22/h2-3,5-7,12,14-15,19-20H,1,4,8-11H2,(H,30,31,32)/t14-,15+,19?,20-/m0/s1. The Kier molecular flexibility index (Phi) is 5.18. The molecule has 1 aliphatic carbocycles. The number of H-pyrrole nitrogens is 1. The summed E-state index contributed by atoms with van der Waals surface area (Å²) in [6.07, 6.45) is 0.0861. The number of likely N-dealkylation sites (tertiary alicyclic amines) is 1. The fourth-order valence-electron chi connectivity index (χ4n) is 5.72. The van der Waals surface area contributed by atoms with Crippen LogP contribution in [0.1, 0.15) is 29.2 Å². The Morgan fingerprint density at radius 2 is 1.91 bits per heavy atom. The number of hydrogen-bond donors (Lipinski definition) is 1. The first-order valence-corrected chi connectivity index (χ1v) is 11.4. The maximum Gasteiger partial charge on any atom is 0.431 e. The van der Waals surface area contributed by atoms with Gasteiger partial charge in [0.05, 0.1) is 18.6 Å². The van der Waals surface area contributed by atoms with Crippen molar-refractivity contribution in [1.82, 2.24) is 19.9 Å². The predicted octanol–water partition coefficient (Wildman–Crippen LogP) is 4.49. The van der Waals surface area contributed by atoms with Crippen LogP contribution < -0.4 is 0 Å². The molecule has 3 aromatic rings. The summed E-state index contributed by atoms with van der Waals surface area (Å²) in [4.78, 5) is 17.4. The van der Waals surface area contributed by atoms with Crippen LogP contribution >= 0.6 is 0 Å². The number of fused-ring (bicyclic) bond motifs is 3. The zero-order chi connectivity index (χ0) is 23.4. The highest BCUT2D eigenvalue weighted by molar-refractivity contribution is 5.88. The molecule has 0 amide bonds. The first kappa shape index (κ1) is 21.7. The Hall–Kier alpha value is -2.85. The zero-order valence-corrected chi connectivity index (χ0v) is 18.2. The average Bonchev–Trinajstić information content (AvgIpc) is 3.51. The Morgan fingerprint density at radius 3 is 2.68 bits per heavy atom. The summed E-state index contributed by atoms with van der Waals surface area (Å²) in [5.74, 6) is 0.820. The normalized spacial score (nSPS) is 27.5. The van der Waals surface area contributed by atoms with Crippen molar-refractivity contribution in [3.63, 3.8) is 0 Å². The fourth-order valence-corrected chi connectivity index (χ4v) is 5.72. The lowest BCUT2D eigenvalue weighted by atomic mass is 9.79. The third-order valence-corrected chi connectivity index (χ3v) is 7.39. The third kappa shape index (κ3) is 3.78. The molecule has 6 rings (SSSR count). The molecule has 4 heterocycles. The van der Waals surface area contributed by atoms with Crippen LogP contribution in [0.15, 0.2) is 35.6 Å². The molecular weight excluding hydrogens is 450 g/mol. The van der Waals surface area contributed by atoms with Crippen molar-refractivity contribution in [2.75, 3.05) is 26.3 Å². The van der Waals surface area contributed by atoms with Gasteiger partial charge in [-0.1, -0.05) is 6.07 Å². The van der Waals surface area contributed by atoms with E-state index in [9.17, 15) is 17.6 Å². The molecule has 2 fully saturated rings. The largest absolute Gasteiger partial charge is 0.431 e. The van der Waals surface area contributed by atoms with Crippen LogP contribution in [0.3, 0.4) is 0 Å². The summed E-state index contributed by atoms with van der Waals surface area (Å²) >= 11 is 0. The summed E-state index contributed by atoms with van der Waals surface area (Å²) in [5.41, 5.74) is 1.15. The molecule has 34 heavy (non-hydrogen) atoms. The van der Waals surface area contributed by atoms with Gasteiger partial charge in [0.1, 0.15) is 23.5 Å². The lowest BCUT2D eigenvalue weighted by molar-refractivity contribution is -0.140. The molecule has 178 valence electrons. The first-order chi connectivity index (χ1) is 16.4. The van der Waals surface area contributed by atoms with Crippen LogP contribution in [0.25, 0.3) is 11.0 Å². The number of aryl methyl sites for hydroxylation is 1. The summed E-state index contributed by atoms with van der Waals surface area (Å²) in [7, 11) is 0. The van der Waals surface area contributed by atoms with E-state index in [-0.39, 0.29) is 34.6 Å². The van der Waals surface area contributed by atoms with E-state index in [1.807, 2.05) is 0 Å². The number of benzene rings is 1. The quantitative estimate of drug-likeness (QED) is 0.450. The van der Waals surface area contributed by atoms with E-state index in [0.717, 1.165) is 56.3 Å². The van der Waals surface area contributed by atoms with E-state index < -0.39 is 11.9 Å². The number of ether oxygens (including phenoxy) is 1. The smallest absolute Gasteiger partial charge is 0.381 e. The molecule has 0 spiro atoms. The van der Waals surface area contributed by atoms with Gasteiger partial charge in [-0.25, -0.2) is 19.4 Å².